The van der Waals surface area contributed by atoms with Crippen LogP contribution < -0.4 is 9.47 Å². The van der Waals surface area contributed by atoms with Crippen molar-refractivity contribution in [2.24, 2.45) is 0 Å². The molecule has 4 heteroatoms. The molecule has 0 aliphatic heterocycles. The molecule has 84 valence electrons. The van der Waals surface area contributed by atoms with Gasteiger partial charge < -0.3 is 9.47 Å². The molecule has 0 aliphatic rings. The summed E-state index contributed by atoms with van der Waals surface area (Å²) < 4.78 is 10.7. The summed E-state index contributed by atoms with van der Waals surface area (Å²) in [5, 5.41) is 0. The van der Waals surface area contributed by atoms with Crippen molar-refractivity contribution < 1.29 is 9.47 Å². The van der Waals surface area contributed by atoms with E-state index in [2.05, 4.69) is 16.9 Å². The monoisotopic (exact) mass is 210 g/mol. The molecule has 0 aromatic carbocycles. The molecular weight excluding hydrogens is 192 g/mol. The standard InChI is InChI=1S/C11H18N2O2/c1-4-7-9-8-12-11(15-6-3)13-10(9)14-5-2/h8H,4-7H2,1-3H3. The number of aromatic nitrogens is 2. The zero-order valence-corrected chi connectivity index (χ0v) is 9.62. The maximum Gasteiger partial charge on any atom is 0.319 e. The molecule has 1 aromatic rings. The molecule has 1 heterocycles. The summed E-state index contributed by atoms with van der Waals surface area (Å²) in [6, 6.07) is 0.390. The first kappa shape index (κ1) is 11.8. The molecule has 0 N–H and O–H groups in total. The van der Waals surface area contributed by atoms with Gasteiger partial charge in [0.15, 0.2) is 0 Å². The predicted molar refractivity (Wildman–Crippen MR) is 58.4 cm³/mol. The van der Waals surface area contributed by atoms with Crippen molar-refractivity contribution in [1.82, 2.24) is 9.97 Å². The maximum absolute atomic E-state index is 5.45. The predicted octanol–water partition coefficient (Wildman–Crippen LogP) is 2.23. The summed E-state index contributed by atoms with van der Waals surface area (Å²) >= 11 is 0. The largest absolute Gasteiger partial charge is 0.478 e. The van der Waals surface area contributed by atoms with Crippen molar-refractivity contribution in [2.45, 2.75) is 33.6 Å². The minimum Gasteiger partial charge on any atom is -0.478 e. The molecule has 1 aromatic heterocycles. The third-order valence-electron chi connectivity index (χ3n) is 1.88. The lowest BCUT2D eigenvalue weighted by Gasteiger charge is -2.09. The van der Waals surface area contributed by atoms with Crippen LogP contribution in [0, 0.1) is 0 Å². The van der Waals surface area contributed by atoms with Gasteiger partial charge in [-0.1, -0.05) is 13.3 Å². The minimum atomic E-state index is 0.390. The van der Waals surface area contributed by atoms with E-state index in [-0.39, 0.29) is 0 Å². The van der Waals surface area contributed by atoms with Crippen LogP contribution in [0.3, 0.4) is 0 Å². The van der Waals surface area contributed by atoms with Gasteiger partial charge in [0.2, 0.25) is 5.88 Å². The molecule has 0 saturated heterocycles. The Balaban J connectivity index is 2.87. The second-order valence-electron chi connectivity index (χ2n) is 3.10. The molecule has 0 spiro atoms. The van der Waals surface area contributed by atoms with E-state index in [0.717, 1.165) is 18.4 Å². The van der Waals surface area contributed by atoms with Gasteiger partial charge in [-0.15, -0.1) is 0 Å². The zero-order valence-electron chi connectivity index (χ0n) is 9.62. The Morgan fingerprint density at radius 3 is 2.47 bits per heavy atom. The van der Waals surface area contributed by atoms with Gasteiger partial charge in [-0.05, 0) is 20.3 Å². The quantitative estimate of drug-likeness (QED) is 0.722. The third-order valence-corrected chi connectivity index (χ3v) is 1.88. The highest BCUT2D eigenvalue weighted by Gasteiger charge is 2.07. The van der Waals surface area contributed by atoms with Crippen LogP contribution in [0.15, 0.2) is 6.20 Å². The molecular formula is C11H18N2O2. The number of aryl methyl sites for hydroxylation is 1. The van der Waals surface area contributed by atoms with Crippen molar-refractivity contribution in [3.63, 3.8) is 0 Å². The van der Waals surface area contributed by atoms with Crippen LogP contribution in [0.25, 0.3) is 0 Å². The van der Waals surface area contributed by atoms with Gasteiger partial charge in [-0.3, -0.25) is 0 Å². The van der Waals surface area contributed by atoms with E-state index in [4.69, 9.17) is 9.47 Å². The zero-order chi connectivity index (χ0) is 11.1. The van der Waals surface area contributed by atoms with Crippen LogP contribution in [0.1, 0.15) is 32.8 Å². The number of rotatable bonds is 6. The first-order chi connectivity index (χ1) is 7.31. The average Bonchev–Trinajstić information content (AvgIpc) is 2.23. The van der Waals surface area contributed by atoms with Gasteiger partial charge in [-0.2, -0.15) is 4.98 Å². The highest BCUT2D eigenvalue weighted by atomic mass is 16.5. The molecule has 15 heavy (non-hydrogen) atoms. The number of hydrogen-bond donors (Lipinski definition) is 0. The topological polar surface area (TPSA) is 44.2 Å². The van der Waals surface area contributed by atoms with E-state index in [1.54, 1.807) is 6.20 Å². The smallest absolute Gasteiger partial charge is 0.319 e. The van der Waals surface area contributed by atoms with E-state index >= 15 is 0 Å². The molecule has 0 radical (unpaired) electrons. The Morgan fingerprint density at radius 2 is 1.87 bits per heavy atom. The van der Waals surface area contributed by atoms with Gasteiger partial charge in [0, 0.05) is 11.8 Å². The van der Waals surface area contributed by atoms with Gasteiger partial charge in [0.1, 0.15) is 0 Å². The Morgan fingerprint density at radius 1 is 1.13 bits per heavy atom. The molecule has 4 nitrogen and oxygen atoms in total. The summed E-state index contributed by atoms with van der Waals surface area (Å²) in [6.45, 7) is 7.14. The molecule has 0 aliphatic carbocycles. The number of nitrogens with zero attached hydrogens (tertiary/aromatic N) is 2. The highest BCUT2D eigenvalue weighted by molar-refractivity contribution is 5.25. The Kier molecular flexibility index (Phi) is 4.87. The summed E-state index contributed by atoms with van der Waals surface area (Å²) in [7, 11) is 0. The third kappa shape index (κ3) is 3.38. The van der Waals surface area contributed by atoms with E-state index < -0.39 is 0 Å². The highest BCUT2D eigenvalue weighted by Crippen LogP contribution is 2.19. The number of hydrogen-bond acceptors (Lipinski definition) is 4. The van der Waals surface area contributed by atoms with Crippen molar-refractivity contribution >= 4 is 0 Å². The average molecular weight is 210 g/mol. The van der Waals surface area contributed by atoms with Crippen molar-refractivity contribution in [3.05, 3.63) is 11.8 Å². The van der Waals surface area contributed by atoms with Gasteiger partial charge >= 0.3 is 6.01 Å². The van der Waals surface area contributed by atoms with Crippen LogP contribution in [0.5, 0.6) is 11.9 Å². The molecule has 0 amide bonds. The Bertz CT molecular complexity index is 303. The lowest BCUT2D eigenvalue weighted by atomic mass is 10.2. The number of ether oxygens (including phenoxy) is 2. The first-order valence-corrected chi connectivity index (χ1v) is 5.43. The van der Waals surface area contributed by atoms with Crippen LogP contribution in [-0.4, -0.2) is 23.2 Å². The lowest BCUT2D eigenvalue weighted by Crippen LogP contribution is -2.04. The van der Waals surface area contributed by atoms with E-state index in [0.29, 0.717) is 25.1 Å². The van der Waals surface area contributed by atoms with E-state index in [9.17, 15) is 0 Å². The second-order valence-corrected chi connectivity index (χ2v) is 3.10. The minimum absolute atomic E-state index is 0.390. The normalized spacial score (nSPS) is 10.1. The fourth-order valence-corrected chi connectivity index (χ4v) is 1.28. The fourth-order valence-electron chi connectivity index (χ4n) is 1.28. The summed E-state index contributed by atoms with van der Waals surface area (Å²) in [6.07, 6.45) is 3.77. The van der Waals surface area contributed by atoms with E-state index in [1.165, 1.54) is 0 Å². The van der Waals surface area contributed by atoms with Crippen molar-refractivity contribution in [1.29, 1.82) is 0 Å². The van der Waals surface area contributed by atoms with Gasteiger partial charge in [-0.25, -0.2) is 4.98 Å². The Labute approximate surface area is 90.7 Å². The van der Waals surface area contributed by atoms with Crippen LogP contribution in [0.4, 0.5) is 0 Å². The maximum atomic E-state index is 5.45. The van der Waals surface area contributed by atoms with Crippen LogP contribution in [-0.2, 0) is 6.42 Å². The van der Waals surface area contributed by atoms with Crippen LogP contribution >= 0.6 is 0 Å². The van der Waals surface area contributed by atoms with Gasteiger partial charge in [0.05, 0.1) is 13.2 Å². The molecule has 0 fully saturated rings. The Hall–Kier alpha value is -1.32. The van der Waals surface area contributed by atoms with Crippen molar-refractivity contribution in [2.75, 3.05) is 13.2 Å². The molecule has 0 bridgehead atoms. The molecule has 0 unspecified atom stereocenters. The second kappa shape index (κ2) is 6.22. The SMILES string of the molecule is CCCc1cnc(OCC)nc1OCC. The molecule has 0 saturated carbocycles. The summed E-state index contributed by atoms with van der Waals surface area (Å²) in [5.41, 5.74) is 1.04. The van der Waals surface area contributed by atoms with Gasteiger partial charge in [0.25, 0.3) is 0 Å². The molecule has 1 rings (SSSR count). The van der Waals surface area contributed by atoms with Crippen molar-refractivity contribution in [3.8, 4) is 11.9 Å². The first-order valence-electron chi connectivity index (χ1n) is 5.43. The molecule has 0 atom stereocenters. The fraction of sp³-hybridized carbons (Fsp3) is 0.636. The van der Waals surface area contributed by atoms with E-state index in [1.807, 2.05) is 13.8 Å². The summed E-state index contributed by atoms with van der Waals surface area (Å²) in [4.78, 5) is 8.33. The summed E-state index contributed by atoms with van der Waals surface area (Å²) in [5.74, 6) is 0.651. The van der Waals surface area contributed by atoms with Crippen LogP contribution in [0.2, 0.25) is 0 Å². The lowest BCUT2D eigenvalue weighted by molar-refractivity contribution is 0.286.